The molecule has 1 aromatic rings. The summed E-state index contributed by atoms with van der Waals surface area (Å²) in [4.78, 5) is 18.6. The Kier molecular flexibility index (Phi) is 21.2. The number of nitrogens with zero attached hydrogens (tertiary/aromatic N) is 2. The lowest BCUT2D eigenvalue weighted by molar-refractivity contribution is -0.507. The van der Waals surface area contributed by atoms with Gasteiger partial charge < -0.3 is 64.6 Å². The molecule has 5 N–H and O–H groups in total. The zero-order valence-electron chi connectivity index (χ0n) is 42.1. The van der Waals surface area contributed by atoms with Gasteiger partial charge in [0, 0.05) is 80.3 Å². The van der Waals surface area contributed by atoms with Crippen LogP contribution in [0.15, 0.2) is 40.6 Å². The van der Waals surface area contributed by atoms with Gasteiger partial charge in [-0.15, -0.1) is 0 Å². The van der Waals surface area contributed by atoms with E-state index in [4.69, 9.17) is 34.2 Å². The average molecular weight is 1000 g/mol. The quantitative estimate of drug-likeness (QED) is 0.155. The maximum absolute atomic E-state index is 15.4. The van der Waals surface area contributed by atoms with Crippen LogP contribution in [-0.2, 0) is 39.6 Å². The van der Waals surface area contributed by atoms with E-state index in [1.807, 2.05) is 84.8 Å². The van der Waals surface area contributed by atoms with Crippen molar-refractivity contribution < 1.29 is 52.9 Å². The fraction of sp³-hybridized carbons (Fsp3) is 0.820. The van der Waals surface area contributed by atoms with Crippen molar-refractivity contribution in [3.63, 3.8) is 0 Å². The van der Waals surface area contributed by atoms with Crippen molar-refractivity contribution >= 4 is 21.9 Å². The van der Waals surface area contributed by atoms with Gasteiger partial charge in [0.15, 0.2) is 12.6 Å². The molecule has 0 spiro atoms. The Labute approximate surface area is 403 Å². The van der Waals surface area contributed by atoms with Crippen LogP contribution >= 0.6 is 15.9 Å². The first-order valence-corrected chi connectivity index (χ1v) is 25.0. The SMILES string of the molecule is CC[C@H]1OC(=O)[C@H](C)[C@@H](O[C@H]2C[C@@](C)(OC)C[C@H](C)O2)[C@H](C)[C@@H](O[C@H]2C[C@@H](N(C)CC/C(N)=C/N[C@H](CF)Cc3ccc(Br)cc3)C[C@@H](C)O2)[C@](C)([O-])C[C@@H](C)CN(C)[C@H](C)[C@@H](O)[C@]1(C)O. The van der Waals surface area contributed by atoms with Crippen LogP contribution < -0.4 is 16.2 Å². The highest BCUT2D eigenvalue weighted by molar-refractivity contribution is 9.10. The lowest BCUT2D eigenvalue weighted by Gasteiger charge is -2.52. The van der Waals surface area contributed by atoms with Crippen molar-refractivity contribution in [3.05, 3.63) is 46.2 Å². The molecule has 1 aromatic carbocycles. The number of esters is 1. The Balaban J connectivity index is 1.62. The molecule has 0 saturated carbocycles. The maximum atomic E-state index is 15.4. The fourth-order valence-corrected chi connectivity index (χ4v) is 10.8. The topological polar surface area (TPSA) is 180 Å². The molecule has 66 heavy (non-hydrogen) atoms. The normalized spacial score (nSPS) is 40.0. The summed E-state index contributed by atoms with van der Waals surface area (Å²) in [6.45, 7) is 18.9. The van der Waals surface area contributed by atoms with Crippen molar-refractivity contribution in [3.8, 4) is 0 Å². The molecule has 0 aromatic heterocycles. The molecular formula is C50H85BrFN4O10-. The summed E-state index contributed by atoms with van der Waals surface area (Å²) in [6.07, 6.45) is -0.818. The molecule has 3 heterocycles. The number of rotatable bonds is 15. The Morgan fingerprint density at radius 2 is 1.71 bits per heavy atom. The van der Waals surface area contributed by atoms with Crippen molar-refractivity contribution in [1.82, 2.24) is 15.1 Å². The summed E-state index contributed by atoms with van der Waals surface area (Å²) >= 11 is 3.45. The molecule has 0 amide bonds. The molecule has 14 nitrogen and oxygen atoms in total. The van der Waals surface area contributed by atoms with E-state index in [1.54, 1.807) is 34.1 Å². The third kappa shape index (κ3) is 15.5. The zero-order chi connectivity index (χ0) is 49.3. The molecular weight excluding hydrogens is 915 g/mol. The number of carbonyl (C=O) groups excluding carboxylic acids is 1. The number of ether oxygens (including phenoxy) is 6. The third-order valence-corrected chi connectivity index (χ3v) is 15.1. The summed E-state index contributed by atoms with van der Waals surface area (Å²) in [5, 5.41) is 42.0. The van der Waals surface area contributed by atoms with Crippen molar-refractivity contribution in [2.45, 2.75) is 205 Å². The Morgan fingerprint density at radius 1 is 1.06 bits per heavy atom. The predicted molar refractivity (Wildman–Crippen MR) is 256 cm³/mol. The molecule has 17 atom stereocenters. The number of likely N-dealkylation sites (N-methyl/N-ethyl adjacent to an activating group) is 1. The van der Waals surface area contributed by atoms with E-state index in [1.165, 1.54) is 6.92 Å². The van der Waals surface area contributed by atoms with E-state index in [0.29, 0.717) is 50.9 Å². The second-order valence-corrected chi connectivity index (χ2v) is 21.8. The van der Waals surface area contributed by atoms with Crippen molar-refractivity contribution in [2.24, 2.45) is 23.5 Å². The summed E-state index contributed by atoms with van der Waals surface area (Å²) in [6, 6.07) is 6.90. The van der Waals surface area contributed by atoms with Gasteiger partial charge >= 0.3 is 5.97 Å². The molecule has 3 aliphatic rings. The number of carbonyl (C=O) groups is 1. The van der Waals surface area contributed by atoms with Crippen molar-refractivity contribution in [1.29, 1.82) is 0 Å². The van der Waals surface area contributed by atoms with Gasteiger partial charge in [-0.25, -0.2) is 4.39 Å². The number of aliphatic hydroxyl groups excluding tert-OH is 1. The monoisotopic (exact) mass is 1000 g/mol. The van der Waals surface area contributed by atoms with E-state index in [0.717, 1.165) is 16.5 Å². The summed E-state index contributed by atoms with van der Waals surface area (Å²) in [5.74, 6) is -2.46. The minimum absolute atomic E-state index is 0.0232. The van der Waals surface area contributed by atoms with E-state index in [9.17, 15) is 19.4 Å². The lowest BCUT2D eigenvalue weighted by Crippen LogP contribution is -2.61. The lowest BCUT2D eigenvalue weighted by atomic mass is 9.77. The smallest absolute Gasteiger partial charge is 0.311 e. The molecule has 4 rings (SSSR count). The number of hydrogen-bond donors (Lipinski definition) is 4. The Hall–Kier alpha value is -1.96. The van der Waals surface area contributed by atoms with E-state index in [-0.39, 0.29) is 37.0 Å². The number of nitrogens with two attached hydrogens (primary N) is 1. The number of nitrogens with one attached hydrogen (secondary N) is 1. The standard InChI is InChI=1S/C50H85BrFN4O10/c1-14-41-50(10,60)45(57)35(7)56(12)29-30(2)24-49(9,59)46(33(5)44(34(6)47(58)64-41)65-43-26-48(8,61-13)25-32(4)63-43)66-42-23-40(21-31(3)62-42)55(11)20-19-38(53)28-54-39(27-52)22-36-15-17-37(51)18-16-36/h15-18,28,30-35,39-46,54,57,60H,14,19-27,29,53H2,1-13H3/q-1/b38-28-/t30-,31-,32+,33+,34-,35-,39+,40+,41-,42+,43+,44+,45-,46-,48+,49-,50-/m1/s1. The molecule has 0 aliphatic carbocycles. The number of aliphatic hydroxyl groups is 2. The summed E-state index contributed by atoms with van der Waals surface area (Å²) in [5.41, 5.74) is 4.01. The molecule has 3 fully saturated rings. The highest BCUT2D eigenvalue weighted by atomic mass is 79.9. The molecule has 3 saturated heterocycles. The number of alkyl halides is 1. The molecule has 0 unspecified atom stereocenters. The minimum Gasteiger partial charge on any atom is -0.848 e. The van der Waals surface area contributed by atoms with Crippen molar-refractivity contribution in [2.75, 3.05) is 41.0 Å². The first-order valence-electron chi connectivity index (χ1n) is 24.2. The zero-order valence-corrected chi connectivity index (χ0v) is 43.7. The predicted octanol–water partition coefficient (Wildman–Crippen LogP) is 5.82. The molecule has 0 radical (unpaired) electrons. The van der Waals surface area contributed by atoms with Crippen LogP contribution in [0.1, 0.15) is 120 Å². The van der Waals surface area contributed by atoms with Crippen LogP contribution in [0.4, 0.5) is 4.39 Å². The third-order valence-electron chi connectivity index (χ3n) is 14.6. The molecule has 16 heteroatoms. The second-order valence-electron chi connectivity index (χ2n) is 20.9. The largest absolute Gasteiger partial charge is 0.848 e. The number of hydrogen-bond acceptors (Lipinski definition) is 14. The number of benzene rings is 1. The van der Waals surface area contributed by atoms with E-state index in [2.05, 4.69) is 26.1 Å². The number of methoxy groups -OCH3 is 1. The van der Waals surface area contributed by atoms with Gasteiger partial charge in [0.1, 0.15) is 24.5 Å². The molecule has 3 aliphatic heterocycles. The first-order chi connectivity index (χ1) is 30.8. The van der Waals surface area contributed by atoms with Gasteiger partial charge in [-0.1, -0.05) is 67.8 Å². The molecule has 380 valence electrons. The second kappa shape index (κ2) is 24.7. The van der Waals surface area contributed by atoms with Crippen LogP contribution in [0.5, 0.6) is 0 Å². The minimum atomic E-state index is -1.79. The summed E-state index contributed by atoms with van der Waals surface area (Å²) in [7, 11) is 5.56. The van der Waals surface area contributed by atoms with Gasteiger partial charge in [0.25, 0.3) is 0 Å². The number of halogens is 2. The van der Waals surface area contributed by atoms with Crippen LogP contribution in [0.3, 0.4) is 0 Å². The van der Waals surface area contributed by atoms with E-state index < -0.39 is 90.4 Å². The number of cyclic esters (lactones) is 1. The van der Waals surface area contributed by atoms with Crippen LogP contribution in [0.2, 0.25) is 0 Å². The average Bonchev–Trinajstić information content (AvgIpc) is 3.25. The van der Waals surface area contributed by atoms with Crippen LogP contribution in [-0.4, -0.2) is 151 Å². The highest BCUT2D eigenvalue weighted by Gasteiger charge is 2.49. The Bertz CT molecular complexity index is 1680. The first kappa shape index (κ1) is 56.6. The van der Waals surface area contributed by atoms with Crippen LogP contribution in [0.25, 0.3) is 0 Å². The van der Waals surface area contributed by atoms with Gasteiger partial charge in [-0.2, -0.15) is 0 Å². The van der Waals surface area contributed by atoms with E-state index >= 15 is 5.11 Å². The van der Waals surface area contributed by atoms with Gasteiger partial charge in [-0.3, -0.25) is 4.79 Å². The maximum Gasteiger partial charge on any atom is 0.311 e. The highest BCUT2D eigenvalue weighted by Crippen LogP contribution is 2.39. The van der Waals surface area contributed by atoms with Gasteiger partial charge in [0.05, 0.1) is 42.0 Å². The molecule has 0 bridgehead atoms. The van der Waals surface area contributed by atoms with Crippen LogP contribution in [0, 0.1) is 17.8 Å². The fourth-order valence-electron chi connectivity index (χ4n) is 10.5. The summed E-state index contributed by atoms with van der Waals surface area (Å²) < 4.78 is 53.7. The Morgan fingerprint density at radius 3 is 2.33 bits per heavy atom. The van der Waals surface area contributed by atoms with Gasteiger partial charge in [-0.05, 0) is 98.5 Å². The van der Waals surface area contributed by atoms with Gasteiger partial charge in [0.2, 0.25) is 0 Å².